The SMILES string of the molecule is CC(Nc1ccc(Cl)cc1Br)C1(C)CC1. The molecule has 1 atom stereocenters. The molecular weight excluding hydrogens is 273 g/mol. The highest BCUT2D eigenvalue weighted by molar-refractivity contribution is 9.10. The molecule has 1 unspecified atom stereocenters. The third kappa shape index (κ3) is 2.48. The molecule has 0 bridgehead atoms. The zero-order valence-corrected chi connectivity index (χ0v) is 11.3. The number of nitrogens with one attached hydrogen (secondary N) is 1. The molecule has 82 valence electrons. The first-order valence-corrected chi connectivity index (χ1v) is 6.40. The molecule has 1 aromatic rings. The number of benzene rings is 1. The van der Waals surface area contributed by atoms with Gasteiger partial charge in [0.15, 0.2) is 0 Å². The van der Waals surface area contributed by atoms with Crippen LogP contribution in [0.4, 0.5) is 5.69 Å². The largest absolute Gasteiger partial charge is 0.381 e. The monoisotopic (exact) mass is 287 g/mol. The van der Waals surface area contributed by atoms with Crippen molar-refractivity contribution in [1.82, 2.24) is 0 Å². The van der Waals surface area contributed by atoms with Gasteiger partial charge in [0.1, 0.15) is 0 Å². The molecule has 0 spiro atoms. The van der Waals surface area contributed by atoms with Crippen molar-refractivity contribution in [3.8, 4) is 0 Å². The maximum absolute atomic E-state index is 5.90. The Bertz CT molecular complexity index is 374. The predicted octanol–water partition coefficient (Wildman–Crippen LogP) is 4.70. The van der Waals surface area contributed by atoms with Gasteiger partial charge in [0.05, 0.1) is 0 Å². The van der Waals surface area contributed by atoms with Gasteiger partial charge in [-0.15, -0.1) is 0 Å². The van der Waals surface area contributed by atoms with Gasteiger partial charge >= 0.3 is 0 Å². The van der Waals surface area contributed by atoms with E-state index in [9.17, 15) is 0 Å². The maximum Gasteiger partial charge on any atom is 0.0487 e. The number of halogens is 2. The van der Waals surface area contributed by atoms with E-state index in [1.807, 2.05) is 18.2 Å². The average Bonchev–Trinajstić information content (AvgIpc) is 2.90. The Labute approximate surface area is 104 Å². The Hall–Kier alpha value is -0.210. The summed E-state index contributed by atoms with van der Waals surface area (Å²) in [5, 5.41) is 4.30. The van der Waals surface area contributed by atoms with E-state index in [4.69, 9.17) is 11.6 Å². The molecule has 0 aromatic heterocycles. The van der Waals surface area contributed by atoms with Gasteiger partial charge in [-0.3, -0.25) is 0 Å². The van der Waals surface area contributed by atoms with E-state index < -0.39 is 0 Å². The summed E-state index contributed by atoms with van der Waals surface area (Å²) >= 11 is 9.41. The summed E-state index contributed by atoms with van der Waals surface area (Å²) in [6, 6.07) is 6.37. The van der Waals surface area contributed by atoms with Crippen LogP contribution in [-0.4, -0.2) is 6.04 Å². The van der Waals surface area contributed by atoms with Gasteiger partial charge < -0.3 is 5.32 Å². The minimum absolute atomic E-state index is 0.485. The zero-order valence-electron chi connectivity index (χ0n) is 8.98. The number of anilines is 1. The molecule has 1 N–H and O–H groups in total. The predicted molar refractivity (Wildman–Crippen MR) is 69.6 cm³/mol. The fourth-order valence-corrected chi connectivity index (χ4v) is 2.44. The average molecular weight is 289 g/mol. The molecule has 0 radical (unpaired) electrons. The summed E-state index contributed by atoms with van der Waals surface area (Å²) in [6.45, 7) is 4.57. The van der Waals surface area contributed by atoms with Crippen LogP contribution in [0.25, 0.3) is 0 Å². The molecule has 0 aliphatic heterocycles. The highest BCUT2D eigenvalue weighted by Gasteiger charge is 2.42. The Balaban J connectivity index is 2.10. The summed E-state index contributed by atoms with van der Waals surface area (Å²) < 4.78 is 1.03. The third-order valence-electron chi connectivity index (χ3n) is 3.39. The Morgan fingerprint density at radius 3 is 2.67 bits per heavy atom. The molecule has 15 heavy (non-hydrogen) atoms. The highest BCUT2D eigenvalue weighted by Crippen LogP contribution is 2.49. The molecule has 1 aromatic carbocycles. The van der Waals surface area contributed by atoms with Crippen LogP contribution in [0.15, 0.2) is 22.7 Å². The van der Waals surface area contributed by atoms with E-state index in [0.29, 0.717) is 11.5 Å². The number of rotatable bonds is 3. The van der Waals surface area contributed by atoms with E-state index in [2.05, 4.69) is 35.1 Å². The van der Waals surface area contributed by atoms with Crippen molar-refractivity contribution in [2.75, 3.05) is 5.32 Å². The minimum Gasteiger partial charge on any atom is -0.381 e. The van der Waals surface area contributed by atoms with Gasteiger partial charge in [-0.25, -0.2) is 0 Å². The summed E-state index contributed by atoms with van der Waals surface area (Å²) in [5.41, 5.74) is 1.61. The van der Waals surface area contributed by atoms with Crippen LogP contribution in [0.3, 0.4) is 0 Å². The first-order chi connectivity index (χ1) is 7.01. The minimum atomic E-state index is 0.485. The molecule has 0 amide bonds. The van der Waals surface area contributed by atoms with Gasteiger partial charge in [0, 0.05) is 21.2 Å². The molecule has 1 saturated carbocycles. The van der Waals surface area contributed by atoms with Gasteiger partial charge in [-0.2, -0.15) is 0 Å². The van der Waals surface area contributed by atoms with Gasteiger partial charge in [-0.1, -0.05) is 18.5 Å². The van der Waals surface area contributed by atoms with Crippen LogP contribution in [0, 0.1) is 5.41 Å². The van der Waals surface area contributed by atoms with Crippen molar-refractivity contribution in [2.24, 2.45) is 5.41 Å². The van der Waals surface area contributed by atoms with Crippen LogP contribution in [0.1, 0.15) is 26.7 Å². The lowest BCUT2D eigenvalue weighted by atomic mass is 10.0. The van der Waals surface area contributed by atoms with E-state index in [-0.39, 0.29) is 0 Å². The molecule has 1 fully saturated rings. The van der Waals surface area contributed by atoms with Crippen molar-refractivity contribution in [3.05, 3.63) is 27.7 Å². The van der Waals surface area contributed by atoms with Crippen LogP contribution in [-0.2, 0) is 0 Å². The molecule has 1 aliphatic carbocycles. The Kier molecular flexibility index (Phi) is 3.00. The molecule has 2 rings (SSSR count). The molecule has 0 saturated heterocycles. The van der Waals surface area contributed by atoms with Gasteiger partial charge in [0.2, 0.25) is 0 Å². The summed E-state index contributed by atoms with van der Waals surface area (Å²) in [6.07, 6.45) is 2.65. The quantitative estimate of drug-likeness (QED) is 0.850. The second kappa shape index (κ2) is 3.99. The van der Waals surface area contributed by atoms with Gasteiger partial charge in [-0.05, 0) is 59.3 Å². The first kappa shape index (κ1) is 11.3. The van der Waals surface area contributed by atoms with E-state index >= 15 is 0 Å². The van der Waals surface area contributed by atoms with Crippen LogP contribution in [0.2, 0.25) is 5.02 Å². The maximum atomic E-state index is 5.90. The second-order valence-corrected chi connectivity index (χ2v) is 5.93. The normalized spacial score (nSPS) is 19.7. The molecule has 0 heterocycles. The van der Waals surface area contributed by atoms with Crippen molar-refractivity contribution < 1.29 is 0 Å². The molecule has 1 nitrogen and oxygen atoms in total. The number of hydrogen-bond acceptors (Lipinski definition) is 1. The molecular formula is C12H15BrClN. The Morgan fingerprint density at radius 1 is 1.47 bits per heavy atom. The van der Waals surface area contributed by atoms with Crippen LogP contribution in [0.5, 0.6) is 0 Å². The Morgan fingerprint density at radius 2 is 2.13 bits per heavy atom. The topological polar surface area (TPSA) is 12.0 Å². The van der Waals surface area contributed by atoms with Crippen molar-refractivity contribution in [3.63, 3.8) is 0 Å². The summed E-state index contributed by atoms with van der Waals surface area (Å²) in [7, 11) is 0. The lowest BCUT2D eigenvalue weighted by Gasteiger charge is -2.22. The standard InChI is InChI=1S/C12H15BrClN/c1-8(12(2)5-6-12)15-11-4-3-9(14)7-10(11)13/h3-4,7-8,15H,5-6H2,1-2H3. The van der Waals surface area contributed by atoms with Crippen molar-refractivity contribution in [1.29, 1.82) is 0 Å². The van der Waals surface area contributed by atoms with Crippen LogP contribution < -0.4 is 5.32 Å². The molecule has 1 aliphatic rings. The summed E-state index contributed by atoms with van der Waals surface area (Å²) in [5.74, 6) is 0. The molecule has 3 heteroatoms. The van der Waals surface area contributed by atoms with E-state index in [1.54, 1.807) is 0 Å². The number of hydrogen-bond donors (Lipinski definition) is 1. The zero-order chi connectivity index (χ0) is 11.1. The van der Waals surface area contributed by atoms with Crippen molar-refractivity contribution >= 4 is 33.2 Å². The van der Waals surface area contributed by atoms with Crippen LogP contribution >= 0.6 is 27.5 Å². The fraction of sp³-hybridized carbons (Fsp3) is 0.500. The highest BCUT2D eigenvalue weighted by atomic mass is 79.9. The third-order valence-corrected chi connectivity index (χ3v) is 4.28. The van der Waals surface area contributed by atoms with E-state index in [0.717, 1.165) is 15.2 Å². The fourth-order valence-electron chi connectivity index (χ4n) is 1.64. The summed E-state index contributed by atoms with van der Waals surface area (Å²) in [4.78, 5) is 0. The lowest BCUT2D eigenvalue weighted by molar-refractivity contribution is 0.493. The smallest absolute Gasteiger partial charge is 0.0487 e. The second-order valence-electron chi connectivity index (χ2n) is 4.64. The lowest BCUT2D eigenvalue weighted by Crippen LogP contribution is -2.25. The van der Waals surface area contributed by atoms with E-state index in [1.165, 1.54) is 12.8 Å². The van der Waals surface area contributed by atoms with Gasteiger partial charge in [0.25, 0.3) is 0 Å². The first-order valence-electron chi connectivity index (χ1n) is 5.23. The van der Waals surface area contributed by atoms with Crippen molar-refractivity contribution in [2.45, 2.75) is 32.7 Å².